The van der Waals surface area contributed by atoms with E-state index >= 15 is 0 Å². The fourth-order valence-corrected chi connectivity index (χ4v) is 7.25. The molecule has 7 aromatic carbocycles. The van der Waals surface area contributed by atoms with Crippen LogP contribution >= 0.6 is 0 Å². The number of furan rings is 1. The van der Waals surface area contributed by atoms with Gasteiger partial charge in [0.15, 0.2) is 0 Å². The third-order valence-corrected chi connectivity index (χ3v) is 9.61. The Morgan fingerprint density at radius 3 is 2.15 bits per heavy atom. The highest BCUT2D eigenvalue weighted by Gasteiger charge is 2.16. The Labute approximate surface area is 278 Å². The van der Waals surface area contributed by atoms with Crippen molar-refractivity contribution in [3.8, 4) is 22.3 Å². The van der Waals surface area contributed by atoms with Crippen LogP contribution < -0.4 is 10.4 Å². The molecule has 0 aliphatic rings. The SMILES string of the molecule is C/C=c1\cccc\c1=C\N=C(C)n1c2ccccc2c2c3ccc(-c4ccc(-c5cccc6c5oc5ccccc56)cc4)cc3ccc21. The van der Waals surface area contributed by atoms with E-state index < -0.39 is 0 Å². The molecule has 0 radical (unpaired) electrons. The van der Waals surface area contributed by atoms with Crippen molar-refractivity contribution in [2.45, 2.75) is 13.8 Å². The molecule has 0 bridgehead atoms. The summed E-state index contributed by atoms with van der Waals surface area (Å²) in [6, 6.07) is 51.8. The first kappa shape index (κ1) is 28.1. The molecule has 3 nitrogen and oxygen atoms in total. The number of nitrogens with zero attached hydrogens (tertiary/aromatic N) is 2. The molecule has 0 saturated heterocycles. The van der Waals surface area contributed by atoms with E-state index in [1.54, 1.807) is 0 Å². The Hall–Kier alpha value is -6.19. The van der Waals surface area contributed by atoms with E-state index in [1.165, 1.54) is 37.9 Å². The lowest BCUT2D eigenvalue weighted by Gasteiger charge is -2.09. The van der Waals surface area contributed by atoms with Crippen molar-refractivity contribution in [2.75, 3.05) is 0 Å². The number of aliphatic imine (C=N–C) groups is 1. The summed E-state index contributed by atoms with van der Waals surface area (Å²) >= 11 is 0. The van der Waals surface area contributed by atoms with Gasteiger partial charge >= 0.3 is 0 Å². The molecule has 9 rings (SSSR count). The van der Waals surface area contributed by atoms with Gasteiger partial charge in [-0.25, -0.2) is 4.99 Å². The zero-order valence-electron chi connectivity index (χ0n) is 26.8. The first-order valence-corrected chi connectivity index (χ1v) is 16.4. The standard InChI is InChI=1S/C45H32N2O/c1-3-30-11-4-5-12-35(30)28-46-29(2)47-41-17-8-6-14-40(41)44-36-25-23-33(27-34(36)24-26-42(44)47)31-19-21-32(22-20-31)37-15-10-16-39-38-13-7-9-18-43(38)48-45(37)39/h3-28H,1-2H3/b30-3+,35-28-,46-29?. The molecule has 2 aromatic heterocycles. The number of para-hydroxylation sites is 3. The Kier molecular flexibility index (Phi) is 6.58. The summed E-state index contributed by atoms with van der Waals surface area (Å²) in [5, 5.41) is 9.52. The summed E-state index contributed by atoms with van der Waals surface area (Å²) in [7, 11) is 0. The quantitative estimate of drug-likeness (QED) is 0.143. The van der Waals surface area contributed by atoms with Crippen LogP contribution in [0.1, 0.15) is 13.8 Å². The van der Waals surface area contributed by atoms with Crippen molar-refractivity contribution < 1.29 is 4.42 Å². The lowest BCUT2D eigenvalue weighted by atomic mass is 9.96. The summed E-state index contributed by atoms with van der Waals surface area (Å²) in [5.74, 6) is 0.932. The summed E-state index contributed by atoms with van der Waals surface area (Å²) in [5.41, 5.74) is 8.79. The van der Waals surface area contributed by atoms with E-state index in [1.807, 2.05) is 18.3 Å². The van der Waals surface area contributed by atoms with Gasteiger partial charge in [-0.1, -0.05) is 127 Å². The average molecular weight is 617 g/mol. The van der Waals surface area contributed by atoms with Crippen LogP contribution in [0.15, 0.2) is 155 Å². The molecule has 2 heterocycles. The number of hydrogen-bond acceptors (Lipinski definition) is 2. The van der Waals surface area contributed by atoms with E-state index in [2.05, 4.69) is 158 Å². The van der Waals surface area contributed by atoms with Crippen molar-refractivity contribution in [1.29, 1.82) is 0 Å². The van der Waals surface area contributed by atoms with Crippen LogP contribution in [0.2, 0.25) is 0 Å². The Morgan fingerprint density at radius 1 is 0.583 bits per heavy atom. The zero-order valence-corrected chi connectivity index (χ0v) is 26.8. The fraction of sp³-hybridized carbons (Fsp3) is 0.0444. The molecule has 0 atom stereocenters. The first-order chi connectivity index (χ1) is 23.7. The lowest BCUT2D eigenvalue weighted by Crippen LogP contribution is -2.23. The summed E-state index contributed by atoms with van der Waals surface area (Å²) < 4.78 is 8.60. The van der Waals surface area contributed by atoms with Gasteiger partial charge in [0.05, 0.1) is 11.0 Å². The van der Waals surface area contributed by atoms with Crippen LogP contribution in [0.3, 0.4) is 0 Å². The van der Waals surface area contributed by atoms with E-state index in [9.17, 15) is 0 Å². The van der Waals surface area contributed by atoms with Gasteiger partial charge in [0.1, 0.15) is 17.0 Å². The van der Waals surface area contributed by atoms with Gasteiger partial charge in [-0.05, 0) is 76.0 Å². The molecule has 0 N–H and O–H groups in total. The molecular weight excluding hydrogens is 585 g/mol. The number of benzene rings is 7. The summed E-state index contributed by atoms with van der Waals surface area (Å²) in [6.07, 6.45) is 4.09. The topological polar surface area (TPSA) is 30.4 Å². The molecule has 3 heteroatoms. The highest BCUT2D eigenvalue weighted by atomic mass is 16.3. The van der Waals surface area contributed by atoms with Crippen molar-refractivity contribution >= 4 is 72.6 Å². The second kappa shape index (κ2) is 11.3. The van der Waals surface area contributed by atoms with E-state index in [-0.39, 0.29) is 0 Å². The van der Waals surface area contributed by atoms with Gasteiger partial charge in [-0.2, -0.15) is 0 Å². The number of rotatable bonds is 3. The molecule has 0 aliphatic carbocycles. The largest absolute Gasteiger partial charge is 0.455 e. The van der Waals surface area contributed by atoms with E-state index in [0.717, 1.165) is 55.2 Å². The molecule has 9 aromatic rings. The number of fused-ring (bicyclic) bond motifs is 8. The smallest absolute Gasteiger partial charge is 0.143 e. The van der Waals surface area contributed by atoms with Crippen molar-refractivity contribution in [3.05, 3.63) is 156 Å². The number of hydrogen-bond donors (Lipinski definition) is 0. The van der Waals surface area contributed by atoms with E-state index in [0.29, 0.717) is 0 Å². The third-order valence-electron chi connectivity index (χ3n) is 9.61. The van der Waals surface area contributed by atoms with Crippen LogP contribution in [0.25, 0.3) is 89.0 Å². The van der Waals surface area contributed by atoms with Gasteiger partial charge in [-0.3, -0.25) is 4.57 Å². The zero-order chi connectivity index (χ0) is 32.2. The lowest BCUT2D eigenvalue weighted by molar-refractivity contribution is 0.670. The maximum Gasteiger partial charge on any atom is 0.143 e. The van der Waals surface area contributed by atoms with Gasteiger partial charge < -0.3 is 4.42 Å². The highest BCUT2D eigenvalue weighted by Crippen LogP contribution is 2.38. The third kappa shape index (κ3) is 4.47. The highest BCUT2D eigenvalue weighted by molar-refractivity contribution is 6.24. The van der Waals surface area contributed by atoms with Crippen LogP contribution in [0.5, 0.6) is 0 Å². The summed E-state index contributed by atoms with van der Waals surface area (Å²) in [6.45, 7) is 4.15. The average Bonchev–Trinajstić information content (AvgIpc) is 3.70. The van der Waals surface area contributed by atoms with E-state index in [4.69, 9.17) is 9.41 Å². The second-order valence-electron chi connectivity index (χ2n) is 12.3. The van der Waals surface area contributed by atoms with Gasteiger partial charge in [-0.15, -0.1) is 0 Å². The maximum atomic E-state index is 6.31. The van der Waals surface area contributed by atoms with Crippen molar-refractivity contribution in [2.24, 2.45) is 4.99 Å². The predicted octanol–water partition coefficient (Wildman–Crippen LogP) is 10.7. The minimum atomic E-state index is 0.919. The van der Waals surface area contributed by atoms with Crippen molar-refractivity contribution in [3.63, 3.8) is 0 Å². The Balaban J connectivity index is 1.13. The molecular formula is C45H32N2O. The molecule has 48 heavy (non-hydrogen) atoms. The van der Waals surface area contributed by atoms with Crippen LogP contribution in [0.4, 0.5) is 0 Å². The molecule has 0 amide bonds. The first-order valence-electron chi connectivity index (χ1n) is 16.4. The molecule has 0 saturated carbocycles. The van der Waals surface area contributed by atoms with Gasteiger partial charge in [0.25, 0.3) is 0 Å². The van der Waals surface area contributed by atoms with Crippen LogP contribution in [0, 0.1) is 0 Å². The van der Waals surface area contributed by atoms with Crippen molar-refractivity contribution in [1.82, 2.24) is 4.57 Å². The maximum absolute atomic E-state index is 6.31. The molecule has 0 spiro atoms. The molecule has 228 valence electrons. The minimum absolute atomic E-state index is 0.919. The number of aromatic nitrogens is 1. The monoisotopic (exact) mass is 616 g/mol. The summed E-state index contributed by atoms with van der Waals surface area (Å²) in [4.78, 5) is 4.96. The Bertz CT molecular complexity index is 2850. The molecule has 0 unspecified atom stereocenters. The fourth-order valence-electron chi connectivity index (χ4n) is 7.25. The predicted molar refractivity (Wildman–Crippen MR) is 204 cm³/mol. The van der Waals surface area contributed by atoms with Crippen LogP contribution in [-0.4, -0.2) is 10.4 Å². The normalized spacial score (nSPS) is 13.2. The Morgan fingerprint density at radius 2 is 1.29 bits per heavy atom. The molecule has 0 fully saturated rings. The molecule has 0 aliphatic heterocycles. The van der Waals surface area contributed by atoms with Gasteiger partial charge in [0.2, 0.25) is 0 Å². The van der Waals surface area contributed by atoms with Gasteiger partial charge in [0, 0.05) is 33.3 Å². The minimum Gasteiger partial charge on any atom is -0.455 e. The second-order valence-corrected chi connectivity index (χ2v) is 12.3. The van der Waals surface area contributed by atoms with Crippen LogP contribution in [-0.2, 0) is 0 Å².